The lowest BCUT2D eigenvalue weighted by atomic mass is 9.47. The molecule has 0 amide bonds. The van der Waals surface area contributed by atoms with E-state index >= 15 is 0 Å². The molecule has 4 aliphatic rings. The number of allylic oxidation sites excluding steroid dienone is 1. The lowest BCUT2D eigenvalue weighted by molar-refractivity contribution is -0.0594. The second-order valence-corrected chi connectivity index (χ2v) is 13.8. The van der Waals surface area contributed by atoms with E-state index in [0.717, 1.165) is 54.8 Å². The largest absolute Gasteiger partial charge is 0.458 e. The molecule has 0 unspecified atom stereocenters. The number of carbonyl (C=O) groups excluding carboxylic acids is 1. The van der Waals surface area contributed by atoms with E-state index in [1.165, 1.54) is 51.4 Å². The topological polar surface area (TPSA) is 39.2 Å². The summed E-state index contributed by atoms with van der Waals surface area (Å²) in [7, 11) is 0. The second-order valence-electron chi connectivity index (χ2n) is 13.8. The molecule has 0 N–H and O–H groups in total. The third-order valence-corrected chi connectivity index (χ3v) is 11.4. The Balaban J connectivity index is 1.25. The van der Waals surface area contributed by atoms with Crippen molar-refractivity contribution in [1.29, 1.82) is 0 Å². The molecule has 0 radical (unpaired) electrons. The molecule has 198 valence electrons. The Hall–Kier alpha value is -1.64. The van der Waals surface area contributed by atoms with Gasteiger partial charge < -0.3 is 4.74 Å². The van der Waals surface area contributed by atoms with Crippen LogP contribution in [0.1, 0.15) is 116 Å². The normalized spacial score (nSPS) is 38.5. The molecule has 5 rings (SSSR count). The van der Waals surface area contributed by atoms with E-state index in [2.05, 4.69) is 45.7 Å². The summed E-state index contributed by atoms with van der Waals surface area (Å²) in [6, 6.07) is 3.60. The number of rotatable bonds is 7. The average Bonchev–Trinajstić information content (AvgIpc) is 3.22. The molecule has 1 aromatic heterocycles. The van der Waals surface area contributed by atoms with E-state index < -0.39 is 0 Å². The SMILES string of the molecule is CC(C)CCC[C@H](C)[C@H]1CC[C@H]2[C@@H]3CC=C4C[C@@H](OC(=O)c5cccnc5)CC[C@]4(C)[C@H]3CC[C@]12C. The number of fused-ring (bicyclic) bond motifs is 5. The Bertz CT molecular complexity index is 954. The van der Waals surface area contributed by atoms with E-state index in [1.807, 2.05) is 0 Å². The van der Waals surface area contributed by atoms with Crippen molar-refractivity contribution >= 4 is 5.97 Å². The van der Waals surface area contributed by atoms with E-state index in [4.69, 9.17) is 4.74 Å². The molecule has 8 atom stereocenters. The molecular weight excluding hydrogens is 442 g/mol. The van der Waals surface area contributed by atoms with E-state index in [9.17, 15) is 4.79 Å². The highest BCUT2D eigenvalue weighted by molar-refractivity contribution is 5.89. The van der Waals surface area contributed by atoms with Crippen LogP contribution < -0.4 is 0 Å². The zero-order valence-electron chi connectivity index (χ0n) is 23.5. The molecule has 1 heterocycles. The molecule has 36 heavy (non-hydrogen) atoms. The van der Waals surface area contributed by atoms with E-state index in [0.29, 0.717) is 16.4 Å². The zero-order chi connectivity index (χ0) is 25.5. The third-order valence-electron chi connectivity index (χ3n) is 11.4. The predicted octanol–water partition coefficient (Wildman–Crippen LogP) is 8.65. The van der Waals surface area contributed by atoms with Crippen LogP contribution in [0.2, 0.25) is 0 Å². The molecule has 4 aliphatic carbocycles. The van der Waals surface area contributed by atoms with Crippen LogP contribution in [0.15, 0.2) is 36.2 Å². The van der Waals surface area contributed by atoms with Crippen LogP contribution in [-0.4, -0.2) is 17.1 Å². The van der Waals surface area contributed by atoms with Crippen LogP contribution in [0.3, 0.4) is 0 Å². The number of esters is 1. The summed E-state index contributed by atoms with van der Waals surface area (Å²) < 4.78 is 5.96. The Morgan fingerprint density at radius 3 is 2.67 bits per heavy atom. The molecule has 0 bridgehead atoms. The van der Waals surface area contributed by atoms with Gasteiger partial charge in [-0.25, -0.2) is 4.79 Å². The summed E-state index contributed by atoms with van der Waals surface area (Å²) in [5.74, 6) is 4.93. The van der Waals surface area contributed by atoms with Gasteiger partial charge in [-0.3, -0.25) is 4.98 Å². The van der Waals surface area contributed by atoms with Crippen LogP contribution in [0.4, 0.5) is 0 Å². The molecule has 3 fully saturated rings. The highest BCUT2D eigenvalue weighted by Crippen LogP contribution is 2.67. The lowest BCUT2D eigenvalue weighted by Crippen LogP contribution is -2.51. The molecule has 0 saturated heterocycles. The molecule has 0 aliphatic heterocycles. The van der Waals surface area contributed by atoms with Crippen molar-refractivity contribution in [2.75, 3.05) is 0 Å². The van der Waals surface area contributed by atoms with Crippen LogP contribution in [-0.2, 0) is 4.74 Å². The summed E-state index contributed by atoms with van der Waals surface area (Å²) >= 11 is 0. The number of nitrogens with zero attached hydrogens (tertiary/aromatic N) is 1. The fourth-order valence-electron chi connectivity index (χ4n) is 9.46. The predicted molar refractivity (Wildman–Crippen MR) is 146 cm³/mol. The van der Waals surface area contributed by atoms with Crippen LogP contribution >= 0.6 is 0 Å². The minimum atomic E-state index is -0.223. The van der Waals surface area contributed by atoms with Gasteiger partial charge in [0, 0.05) is 18.8 Å². The number of pyridine rings is 1. The fraction of sp³-hybridized carbons (Fsp3) is 0.758. The molecular formula is C33H49NO2. The molecule has 1 aromatic rings. The summed E-state index contributed by atoms with van der Waals surface area (Å²) in [6.07, 6.45) is 20.1. The fourth-order valence-corrected chi connectivity index (χ4v) is 9.46. The highest BCUT2D eigenvalue weighted by Gasteiger charge is 2.59. The first kappa shape index (κ1) is 26.0. The number of carbonyl (C=O) groups is 1. The number of hydrogen-bond acceptors (Lipinski definition) is 3. The summed E-state index contributed by atoms with van der Waals surface area (Å²) in [5.41, 5.74) is 2.97. The maximum atomic E-state index is 12.6. The molecule has 3 saturated carbocycles. The van der Waals surface area contributed by atoms with Crippen molar-refractivity contribution in [3.63, 3.8) is 0 Å². The average molecular weight is 492 g/mol. The van der Waals surface area contributed by atoms with Crippen molar-refractivity contribution in [2.45, 2.75) is 111 Å². The van der Waals surface area contributed by atoms with Gasteiger partial charge in [0.1, 0.15) is 6.10 Å². The highest BCUT2D eigenvalue weighted by atomic mass is 16.5. The Morgan fingerprint density at radius 2 is 1.92 bits per heavy atom. The van der Waals surface area contributed by atoms with Crippen LogP contribution in [0.25, 0.3) is 0 Å². The molecule has 3 heteroatoms. The second kappa shape index (κ2) is 10.3. The van der Waals surface area contributed by atoms with Crippen molar-refractivity contribution < 1.29 is 9.53 Å². The number of aromatic nitrogens is 1. The van der Waals surface area contributed by atoms with Crippen molar-refractivity contribution in [3.8, 4) is 0 Å². The molecule has 3 nitrogen and oxygen atoms in total. The Labute approximate surface area is 219 Å². The monoisotopic (exact) mass is 491 g/mol. The van der Waals surface area contributed by atoms with Gasteiger partial charge >= 0.3 is 5.97 Å². The van der Waals surface area contributed by atoms with Gasteiger partial charge in [-0.05, 0) is 103 Å². The summed E-state index contributed by atoms with van der Waals surface area (Å²) in [6.45, 7) is 12.5. The van der Waals surface area contributed by atoms with Gasteiger partial charge in [0.05, 0.1) is 5.56 Å². The van der Waals surface area contributed by atoms with Gasteiger partial charge in [-0.15, -0.1) is 0 Å². The van der Waals surface area contributed by atoms with E-state index in [1.54, 1.807) is 30.1 Å². The van der Waals surface area contributed by atoms with Crippen molar-refractivity contribution in [1.82, 2.24) is 4.98 Å². The first-order chi connectivity index (χ1) is 17.2. The van der Waals surface area contributed by atoms with Gasteiger partial charge in [0.2, 0.25) is 0 Å². The van der Waals surface area contributed by atoms with Gasteiger partial charge in [0.25, 0.3) is 0 Å². The van der Waals surface area contributed by atoms with Gasteiger partial charge in [-0.2, -0.15) is 0 Å². The number of ether oxygens (including phenoxy) is 1. The standard InChI is InChI=1S/C33H49NO2/c1-22(2)8-6-9-23(3)28-13-14-29-27-12-11-25-20-26(36-31(35)24-10-7-19-34-21-24)15-17-32(25,4)30(27)16-18-33(28,29)5/h7,10-11,19,21-23,26-30H,6,8-9,12-18,20H2,1-5H3/t23-,26-,27-,28+,29-,30-,32-,33+/m0/s1. The van der Waals surface area contributed by atoms with Gasteiger partial charge in [-0.1, -0.05) is 65.5 Å². The summed E-state index contributed by atoms with van der Waals surface area (Å²) in [4.78, 5) is 16.7. The van der Waals surface area contributed by atoms with Crippen molar-refractivity contribution in [3.05, 3.63) is 41.7 Å². The van der Waals surface area contributed by atoms with Crippen molar-refractivity contribution in [2.24, 2.45) is 46.3 Å². The first-order valence-corrected chi connectivity index (χ1v) is 15.0. The van der Waals surface area contributed by atoms with Crippen LogP contribution in [0, 0.1) is 46.3 Å². The minimum absolute atomic E-state index is 0.00462. The van der Waals surface area contributed by atoms with E-state index in [-0.39, 0.29) is 12.1 Å². The number of hydrogen-bond donors (Lipinski definition) is 0. The zero-order valence-corrected chi connectivity index (χ0v) is 23.5. The molecule has 0 spiro atoms. The van der Waals surface area contributed by atoms with Crippen LogP contribution in [0.5, 0.6) is 0 Å². The first-order valence-electron chi connectivity index (χ1n) is 15.0. The lowest BCUT2D eigenvalue weighted by Gasteiger charge is -2.58. The maximum absolute atomic E-state index is 12.6. The quantitative estimate of drug-likeness (QED) is 0.283. The smallest absolute Gasteiger partial charge is 0.339 e. The third kappa shape index (κ3) is 4.69. The molecule has 0 aromatic carbocycles. The Morgan fingerprint density at radius 1 is 1.08 bits per heavy atom. The van der Waals surface area contributed by atoms with Gasteiger partial charge in [0.15, 0.2) is 0 Å². The Kier molecular flexibility index (Phi) is 7.40. The minimum Gasteiger partial charge on any atom is -0.458 e. The summed E-state index contributed by atoms with van der Waals surface area (Å²) in [5, 5.41) is 0. The maximum Gasteiger partial charge on any atom is 0.339 e.